The summed E-state index contributed by atoms with van der Waals surface area (Å²) >= 11 is 1.37. The van der Waals surface area contributed by atoms with Crippen molar-refractivity contribution in [1.82, 2.24) is 5.32 Å². The van der Waals surface area contributed by atoms with Gasteiger partial charge in [0.05, 0.1) is 14.2 Å². The summed E-state index contributed by atoms with van der Waals surface area (Å²) in [5.74, 6) is -0.719. The zero-order valence-corrected chi connectivity index (χ0v) is 14.1. The summed E-state index contributed by atoms with van der Waals surface area (Å²) in [6, 6.07) is 8.31. The fourth-order valence-corrected chi connectivity index (χ4v) is 2.66. The monoisotopic (exact) mass is 350 g/mol. The summed E-state index contributed by atoms with van der Waals surface area (Å²) in [5.41, 5.74) is 0.395. The van der Waals surface area contributed by atoms with Crippen LogP contribution in [0, 0.1) is 0 Å². The molecule has 1 atom stereocenters. The van der Waals surface area contributed by atoms with Crippen LogP contribution in [0.3, 0.4) is 0 Å². The number of anilines is 1. The van der Waals surface area contributed by atoms with Crippen molar-refractivity contribution in [2.45, 2.75) is 6.10 Å². The van der Waals surface area contributed by atoms with Gasteiger partial charge in [-0.2, -0.15) is 0 Å². The number of rotatable bonds is 6. The number of thiophene rings is 1. The molecule has 0 aliphatic rings. The SMILES string of the molecule is COc1ccc(NC(=O)C(=O)NC[C@@H](O)c2cccs2)cc1OC. The first-order valence-electron chi connectivity index (χ1n) is 7.07. The molecule has 8 heteroatoms. The summed E-state index contributed by atoms with van der Waals surface area (Å²) in [6.45, 7) is -0.0430. The minimum atomic E-state index is -0.845. The predicted octanol–water partition coefficient (Wildman–Crippen LogP) is 1.55. The van der Waals surface area contributed by atoms with Crippen molar-refractivity contribution in [3.63, 3.8) is 0 Å². The molecule has 0 spiro atoms. The number of nitrogens with one attached hydrogen (secondary N) is 2. The van der Waals surface area contributed by atoms with Crippen molar-refractivity contribution < 1.29 is 24.2 Å². The molecule has 2 rings (SSSR count). The lowest BCUT2D eigenvalue weighted by molar-refractivity contribution is -0.136. The van der Waals surface area contributed by atoms with Gasteiger partial charge in [0, 0.05) is 23.2 Å². The Labute approximate surface area is 143 Å². The summed E-state index contributed by atoms with van der Waals surface area (Å²) < 4.78 is 10.2. The molecule has 1 aromatic carbocycles. The first-order chi connectivity index (χ1) is 11.5. The Morgan fingerprint density at radius 2 is 1.92 bits per heavy atom. The second-order valence-corrected chi connectivity index (χ2v) is 5.74. The Balaban J connectivity index is 1.90. The van der Waals surface area contributed by atoms with E-state index in [-0.39, 0.29) is 6.54 Å². The normalized spacial score (nSPS) is 11.5. The maximum absolute atomic E-state index is 11.9. The van der Waals surface area contributed by atoms with Crippen LogP contribution in [0.25, 0.3) is 0 Å². The molecular weight excluding hydrogens is 332 g/mol. The molecule has 2 amide bonds. The number of aliphatic hydroxyl groups is 1. The quantitative estimate of drug-likeness (QED) is 0.687. The number of benzene rings is 1. The number of aliphatic hydroxyl groups excluding tert-OH is 1. The van der Waals surface area contributed by atoms with E-state index in [1.165, 1.54) is 25.6 Å². The highest BCUT2D eigenvalue weighted by Crippen LogP contribution is 2.29. The molecule has 128 valence electrons. The van der Waals surface area contributed by atoms with Crippen LogP contribution in [0.1, 0.15) is 11.0 Å². The van der Waals surface area contributed by atoms with Gasteiger partial charge in [0.25, 0.3) is 0 Å². The summed E-state index contributed by atoms with van der Waals surface area (Å²) in [4.78, 5) is 24.4. The highest BCUT2D eigenvalue weighted by Gasteiger charge is 2.17. The van der Waals surface area contributed by atoms with Crippen molar-refractivity contribution in [3.05, 3.63) is 40.6 Å². The van der Waals surface area contributed by atoms with Crippen LogP contribution in [-0.4, -0.2) is 37.7 Å². The summed E-state index contributed by atoms with van der Waals surface area (Å²) in [5, 5.41) is 16.6. The van der Waals surface area contributed by atoms with Gasteiger partial charge >= 0.3 is 11.8 Å². The van der Waals surface area contributed by atoms with E-state index in [9.17, 15) is 14.7 Å². The first kappa shape index (κ1) is 17.8. The molecule has 0 bridgehead atoms. The molecule has 1 aromatic heterocycles. The predicted molar refractivity (Wildman–Crippen MR) is 90.5 cm³/mol. The Bertz CT molecular complexity index is 702. The standard InChI is InChI=1S/C16H18N2O5S/c1-22-12-6-5-10(8-13(12)23-2)18-16(21)15(20)17-9-11(19)14-4-3-7-24-14/h3-8,11,19H,9H2,1-2H3,(H,17,20)(H,18,21)/t11-/m1/s1. The van der Waals surface area contributed by atoms with Gasteiger partial charge in [-0.15, -0.1) is 11.3 Å². The molecule has 0 unspecified atom stereocenters. The van der Waals surface area contributed by atoms with E-state index in [4.69, 9.17) is 9.47 Å². The van der Waals surface area contributed by atoms with E-state index in [0.717, 1.165) is 4.88 Å². The average Bonchev–Trinajstić information content (AvgIpc) is 3.13. The molecular formula is C16H18N2O5S. The minimum absolute atomic E-state index is 0.0430. The Kier molecular flexibility index (Phi) is 6.16. The van der Waals surface area contributed by atoms with Crippen molar-refractivity contribution >= 4 is 28.8 Å². The van der Waals surface area contributed by atoms with Crippen LogP contribution >= 0.6 is 11.3 Å². The lowest BCUT2D eigenvalue weighted by Gasteiger charge is -2.12. The van der Waals surface area contributed by atoms with E-state index in [1.807, 2.05) is 5.38 Å². The van der Waals surface area contributed by atoms with Crippen LogP contribution in [0.4, 0.5) is 5.69 Å². The van der Waals surface area contributed by atoms with E-state index in [2.05, 4.69) is 10.6 Å². The molecule has 0 saturated carbocycles. The number of amides is 2. The van der Waals surface area contributed by atoms with Crippen molar-refractivity contribution in [1.29, 1.82) is 0 Å². The second kappa shape index (κ2) is 8.32. The lowest BCUT2D eigenvalue weighted by atomic mass is 10.2. The fraction of sp³-hybridized carbons (Fsp3) is 0.250. The van der Waals surface area contributed by atoms with Crippen LogP contribution in [-0.2, 0) is 9.59 Å². The summed E-state index contributed by atoms with van der Waals surface area (Å²) in [6.07, 6.45) is -0.845. The second-order valence-electron chi connectivity index (χ2n) is 4.77. The van der Waals surface area contributed by atoms with E-state index in [1.54, 1.807) is 30.3 Å². The van der Waals surface area contributed by atoms with Crippen LogP contribution < -0.4 is 20.1 Å². The van der Waals surface area contributed by atoms with Gasteiger partial charge in [0.2, 0.25) is 0 Å². The van der Waals surface area contributed by atoms with Gasteiger partial charge in [-0.1, -0.05) is 6.07 Å². The largest absolute Gasteiger partial charge is 0.493 e. The van der Waals surface area contributed by atoms with E-state index in [0.29, 0.717) is 17.2 Å². The number of carbonyl (C=O) groups excluding carboxylic acids is 2. The van der Waals surface area contributed by atoms with Crippen molar-refractivity contribution in [2.24, 2.45) is 0 Å². The van der Waals surface area contributed by atoms with Crippen LogP contribution in [0.15, 0.2) is 35.7 Å². The van der Waals surface area contributed by atoms with Gasteiger partial charge in [-0.25, -0.2) is 0 Å². The molecule has 0 aliphatic heterocycles. The zero-order valence-electron chi connectivity index (χ0n) is 13.2. The highest BCUT2D eigenvalue weighted by atomic mass is 32.1. The third-order valence-electron chi connectivity index (χ3n) is 3.18. The number of hydrogen-bond donors (Lipinski definition) is 3. The molecule has 0 aliphatic carbocycles. The molecule has 24 heavy (non-hydrogen) atoms. The maximum Gasteiger partial charge on any atom is 0.313 e. The Morgan fingerprint density at radius 3 is 2.54 bits per heavy atom. The van der Waals surface area contributed by atoms with E-state index < -0.39 is 17.9 Å². The Morgan fingerprint density at radius 1 is 1.17 bits per heavy atom. The molecule has 3 N–H and O–H groups in total. The molecule has 0 radical (unpaired) electrons. The molecule has 0 saturated heterocycles. The third kappa shape index (κ3) is 4.46. The number of methoxy groups -OCH3 is 2. The fourth-order valence-electron chi connectivity index (χ4n) is 1.95. The van der Waals surface area contributed by atoms with Crippen LogP contribution in [0.5, 0.6) is 11.5 Å². The van der Waals surface area contributed by atoms with Gasteiger partial charge in [0.15, 0.2) is 11.5 Å². The van der Waals surface area contributed by atoms with Gasteiger partial charge in [-0.05, 0) is 23.6 Å². The number of ether oxygens (including phenoxy) is 2. The van der Waals surface area contributed by atoms with Crippen molar-refractivity contribution in [2.75, 3.05) is 26.1 Å². The third-order valence-corrected chi connectivity index (χ3v) is 4.15. The maximum atomic E-state index is 11.9. The Hall–Kier alpha value is -2.58. The van der Waals surface area contributed by atoms with Crippen molar-refractivity contribution in [3.8, 4) is 11.5 Å². The molecule has 7 nitrogen and oxygen atoms in total. The van der Waals surface area contributed by atoms with E-state index >= 15 is 0 Å². The molecule has 1 heterocycles. The van der Waals surface area contributed by atoms with Gasteiger partial charge in [-0.3, -0.25) is 9.59 Å². The lowest BCUT2D eigenvalue weighted by Crippen LogP contribution is -2.37. The highest BCUT2D eigenvalue weighted by molar-refractivity contribution is 7.10. The minimum Gasteiger partial charge on any atom is -0.493 e. The van der Waals surface area contributed by atoms with Crippen LogP contribution in [0.2, 0.25) is 0 Å². The topological polar surface area (TPSA) is 96.9 Å². The van der Waals surface area contributed by atoms with Gasteiger partial charge < -0.3 is 25.2 Å². The molecule has 0 fully saturated rings. The molecule has 2 aromatic rings. The zero-order chi connectivity index (χ0) is 17.5. The number of carbonyl (C=O) groups is 2. The smallest absolute Gasteiger partial charge is 0.313 e. The summed E-state index contributed by atoms with van der Waals surface area (Å²) in [7, 11) is 2.98. The number of hydrogen-bond acceptors (Lipinski definition) is 6. The first-order valence-corrected chi connectivity index (χ1v) is 7.95. The van der Waals surface area contributed by atoms with Gasteiger partial charge in [0.1, 0.15) is 6.10 Å². The average molecular weight is 350 g/mol.